The van der Waals surface area contributed by atoms with Gasteiger partial charge in [0.2, 0.25) is 0 Å². The van der Waals surface area contributed by atoms with Gasteiger partial charge in [0, 0.05) is 25.8 Å². The van der Waals surface area contributed by atoms with Crippen LogP contribution in [0.3, 0.4) is 0 Å². The molecule has 2 rings (SSSR count). The molecule has 0 saturated heterocycles. The molecule has 0 amide bonds. The molecule has 1 aromatic carbocycles. The first-order valence-electron chi connectivity index (χ1n) is 6.56. The molecule has 3 nitrogen and oxygen atoms in total. The zero-order valence-electron chi connectivity index (χ0n) is 11.3. The van der Waals surface area contributed by atoms with Crippen LogP contribution in [-0.4, -0.2) is 28.1 Å². The van der Waals surface area contributed by atoms with E-state index in [0.717, 1.165) is 18.8 Å². The fourth-order valence-electron chi connectivity index (χ4n) is 2.02. The highest BCUT2D eigenvalue weighted by molar-refractivity contribution is 5.15. The van der Waals surface area contributed by atoms with E-state index >= 15 is 0 Å². The summed E-state index contributed by atoms with van der Waals surface area (Å²) in [5.74, 6) is 0. The molecule has 1 heterocycles. The van der Waals surface area contributed by atoms with E-state index in [2.05, 4.69) is 28.1 Å². The average molecular weight is 256 g/mol. The molecule has 1 aromatic heterocycles. The van der Waals surface area contributed by atoms with Gasteiger partial charge in [-0.25, -0.2) is 0 Å². The lowest BCUT2D eigenvalue weighted by Gasteiger charge is -2.21. The molecule has 0 aliphatic rings. The van der Waals surface area contributed by atoms with Gasteiger partial charge in [-0.1, -0.05) is 36.4 Å². The van der Waals surface area contributed by atoms with Gasteiger partial charge in [0.25, 0.3) is 0 Å². The molecule has 0 atom stereocenters. The largest absolute Gasteiger partial charge is 0.395 e. The predicted molar refractivity (Wildman–Crippen MR) is 76.6 cm³/mol. The maximum absolute atomic E-state index is 9.17. The molecule has 0 radical (unpaired) electrons. The molecule has 19 heavy (non-hydrogen) atoms. The van der Waals surface area contributed by atoms with E-state index in [1.807, 2.05) is 37.4 Å². The van der Waals surface area contributed by atoms with Crippen LogP contribution >= 0.6 is 0 Å². The molecule has 0 aliphatic heterocycles. The Bertz CT molecular complexity index is 482. The van der Waals surface area contributed by atoms with Crippen molar-refractivity contribution in [3.63, 3.8) is 0 Å². The standard InChI is InChI=1S/C16H20N2O/c1-14-7-8-16(17-11-14)13-18(9-10-19)12-15-5-3-2-4-6-15/h2-8,11,19H,9-10,12-13H2,1H3. The zero-order chi connectivity index (χ0) is 13.5. The Morgan fingerprint density at radius 2 is 1.84 bits per heavy atom. The summed E-state index contributed by atoms with van der Waals surface area (Å²) in [5, 5.41) is 9.17. The van der Waals surface area contributed by atoms with Crippen molar-refractivity contribution >= 4 is 0 Å². The van der Waals surface area contributed by atoms with Crippen LogP contribution in [0.5, 0.6) is 0 Å². The Morgan fingerprint density at radius 3 is 2.47 bits per heavy atom. The van der Waals surface area contributed by atoms with Gasteiger partial charge in [-0.3, -0.25) is 9.88 Å². The van der Waals surface area contributed by atoms with Crippen molar-refractivity contribution in [2.75, 3.05) is 13.2 Å². The monoisotopic (exact) mass is 256 g/mol. The molecule has 0 saturated carbocycles. The number of nitrogens with zero attached hydrogens (tertiary/aromatic N) is 2. The maximum atomic E-state index is 9.17. The minimum absolute atomic E-state index is 0.165. The number of hydrogen-bond acceptors (Lipinski definition) is 3. The molecule has 0 aliphatic carbocycles. The van der Waals surface area contributed by atoms with E-state index in [-0.39, 0.29) is 6.61 Å². The first-order chi connectivity index (χ1) is 9.28. The van der Waals surface area contributed by atoms with Gasteiger partial charge >= 0.3 is 0 Å². The summed E-state index contributed by atoms with van der Waals surface area (Å²) in [6, 6.07) is 14.4. The van der Waals surface area contributed by atoms with E-state index in [1.165, 1.54) is 11.1 Å². The van der Waals surface area contributed by atoms with Crippen LogP contribution in [0, 0.1) is 6.92 Å². The van der Waals surface area contributed by atoms with Gasteiger partial charge in [0.15, 0.2) is 0 Å². The van der Waals surface area contributed by atoms with Crippen LogP contribution in [0.25, 0.3) is 0 Å². The normalized spacial score (nSPS) is 10.9. The van der Waals surface area contributed by atoms with Crippen LogP contribution in [-0.2, 0) is 13.1 Å². The lowest BCUT2D eigenvalue weighted by Crippen LogP contribution is -2.26. The molecule has 0 spiro atoms. The number of aliphatic hydroxyl groups is 1. The lowest BCUT2D eigenvalue weighted by molar-refractivity contribution is 0.183. The van der Waals surface area contributed by atoms with E-state index in [1.54, 1.807) is 0 Å². The van der Waals surface area contributed by atoms with Crippen LogP contribution in [0.4, 0.5) is 0 Å². The molecule has 0 fully saturated rings. The number of rotatable bonds is 6. The van der Waals surface area contributed by atoms with Gasteiger partial charge in [0.1, 0.15) is 0 Å². The third-order valence-corrected chi connectivity index (χ3v) is 3.02. The second-order valence-electron chi connectivity index (χ2n) is 4.75. The van der Waals surface area contributed by atoms with Crippen molar-refractivity contribution in [3.05, 3.63) is 65.5 Å². The van der Waals surface area contributed by atoms with Crippen molar-refractivity contribution in [1.29, 1.82) is 0 Å². The molecule has 1 N–H and O–H groups in total. The quantitative estimate of drug-likeness (QED) is 0.862. The Balaban J connectivity index is 2.01. The summed E-state index contributed by atoms with van der Waals surface area (Å²) in [6.07, 6.45) is 1.88. The van der Waals surface area contributed by atoms with E-state index < -0.39 is 0 Å². The number of hydrogen-bond donors (Lipinski definition) is 1. The molecular weight excluding hydrogens is 236 g/mol. The van der Waals surface area contributed by atoms with Crippen molar-refractivity contribution in [2.45, 2.75) is 20.0 Å². The van der Waals surface area contributed by atoms with Gasteiger partial charge in [0.05, 0.1) is 12.3 Å². The fourth-order valence-corrected chi connectivity index (χ4v) is 2.02. The van der Waals surface area contributed by atoms with E-state index in [9.17, 15) is 5.11 Å². The fraction of sp³-hybridized carbons (Fsp3) is 0.312. The van der Waals surface area contributed by atoms with Crippen LogP contribution in [0.15, 0.2) is 48.7 Å². The van der Waals surface area contributed by atoms with Crippen LogP contribution < -0.4 is 0 Å². The summed E-state index contributed by atoms with van der Waals surface area (Å²) in [5.41, 5.74) is 3.46. The highest BCUT2D eigenvalue weighted by atomic mass is 16.3. The minimum atomic E-state index is 0.165. The third-order valence-electron chi connectivity index (χ3n) is 3.02. The van der Waals surface area contributed by atoms with Gasteiger partial charge in [-0.2, -0.15) is 0 Å². The lowest BCUT2D eigenvalue weighted by atomic mass is 10.2. The van der Waals surface area contributed by atoms with Crippen LogP contribution in [0.1, 0.15) is 16.8 Å². The molecule has 0 unspecified atom stereocenters. The first kappa shape index (κ1) is 13.7. The smallest absolute Gasteiger partial charge is 0.0558 e. The predicted octanol–water partition coefficient (Wildman–Crippen LogP) is 2.38. The minimum Gasteiger partial charge on any atom is -0.395 e. The highest BCUT2D eigenvalue weighted by Gasteiger charge is 2.07. The topological polar surface area (TPSA) is 36.4 Å². The SMILES string of the molecule is Cc1ccc(CN(CCO)Cc2ccccc2)nc1. The van der Waals surface area contributed by atoms with E-state index in [0.29, 0.717) is 6.54 Å². The molecule has 2 aromatic rings. The Kier molecular flexibility index (Phi) is 5.07. The van der Waals surface area contributed by atoms with Gasteiger partial charge in [-0.15, -0.1) is 0 Å². The number of aryl methyl sites for hydroxylation is 1. The summed E-state index contributed by atoms with van der Waals surface area (Å²) in [6.45, 7) is 4.45. The second-order valence-corrected chi connectivity index (χ2v) is 4.75. The van der Waals surface area contributed by atoms with Crippen molar-refractivity contribution in [1.82, 2.24) is 9.88 Å². The van der Waals surface area contributed by atoms with Crippen molar-refractivity contribution in [3.8, 4) is 0 Å². The molecule has 100 valence electrons. The Labute approximate surface area is 114 Å². The van der Waals surface area contributed by atoms with Crippen molar-refractivity contribution in [2.24, 2.45) is 0 Å². The number of aliphatic hydroxyl groups excluding tert-OH is 1. The van der Waals surface area contributed by atoms with Gasteiger partial charge < -0.3 is 5.11 Å². The molecule has 3 heteroatoms. The summed E-state index contributed by atoms with van der Waals surface area (Å²) >= 11 is 0. The number of benzene rings is 1. The Hall–Kier alpha value is -1.71. The number of aromatic nitrogens is 1. The number of pyridine rings is 1. The second kappa shape index (κ2) is 7.02. The maximum Gasteiger partial charge on any atom is 0.0558 e. The van der Waals surface area contributed by atoms with E-state index in [4.69, 9.17) is 0 Å². The summed E-state index contributed by atoms with van der Waals surface area (Å²) in [7, 11) is 0. The summed E-state index contributed by atoms with van der Waals surface area (Å²) in [4.78, 5) is 6.62. The average Bonchev–Trinajstić information content (AvgIpc) is 2.43. The zero-order valence-corrected chi connectivity index (χ0v) is 11.3. The molecule has 0 bridgehead atoms. The van der Waals surface area contributed by atoms with Crippen molar-refractivity contribution < 1.29 is 5.11 Å². The highest BCUT2D eigenvalue weighted by Crippen LogP contribution is 2.08. The summed E-state index contributed by atoms with van der Waals surface area (Å²) < 4.78 is 0. The first-order valence-corrected chi connectivity index (χ1v) is 6.56. The van der Waals surface area contributed by atoms with Crippen LogP contribution in [0.2, 0.25) is 0 Å². The Morgan fingerprint density at radius 1 is 1.05 bits per heavy atom. The van der Waals surface area contributed by atoms with Gasteiger partial charge in [-0.05, 0) is 24.1 Å². The molecular formula is C16H20N2O. The third kappa shape index (κ3) is 4.47.